The summed E-state index contributed by atoms with van der Waals surface area (Å²) in [5.41, 5.74) is 2.51. The molecule has 0 bridgehead atoms. The van der Waals surface area contributed by atoms with Gasteiger partial charge in [-0.3, -0.25) is 9.89 Å². The minimum atomic E-state index is -0.245. The molecular formula is C22H28F2N4O. The Morgan fingerprint density at radius 2 is 1.83 bits per heavy atom. The van der Waals surface area contributed by atoms with Gasteiger partial charge in [0.05, 0.1) is 19.3 Å². The van der Waals surface area contributed by atoms with Crippen LogP contribution in [0.1, 0.15) is 22.7 Å². The number of morpholine rings is 1. The maximum absolute atomic E-state index is 13.7. The topological polar surface area (TPSA) is 48.9 Å². The monoisotopic (exact) mass is 402 g/mol. The molecule has 7 heteroatoms. The second-order valence-electron chi connectivity index (χ2n) is 7.11. The van der Waals surface area contributed by atoms with E-state index in [1.807, 2.05) is 18.2 Å². The fourth-order valence-electron chi connectivity index (χ4n) is 3.38. The van der Waals surface area contributed by atoms with Gasteiger partial charge in [-0.15, -0.1) is 0 Å². The van der Waals surface area contributed by atoms with Gasteiger partial charge in [-0.1, -0.05) is 24.3 Å². The third-order valence-corrected chi connectivity index (χ3v) is 5.12. The fourth-order valence-corrected chi connectivity index (χ4v) is 3.38. The highest BCUT2D eigenvalue weighted by Crippen LogP contribution is 2.21. The lowest BCUT2D eigenvalue weighted by molar-refractivity contribution is 0.0170. The van der Waals surface area contributed by atoms with Crippen LogP contribution < -0.4 is 10.6 Å². The minimum Gasteiger partial charge on any atom is -0.379 e. The maximum atomic E-state index is 13.7. The molecule has 1 unspecified atom stereocenters. The molecule has 3 rings (SSSR count). The van der Waals surface area contributed by atoms with Gasteiger partial charge in [0.1, 0.15) is 11.6 Å². The second-order valence-corrected chi connectivity index (χ2v) is 7.11. The highest BCUT2D eigenvalue weighted by molar-refractivity contribution is 5.79. The Morgan fingerprint density at radius 1 is 1.10 bits per heavy atom. The number of rotatable bonds is 6. The van der Waals surface area contributed by atoms with Crippen LogP contribution in [-0.2, 0) is 11.3 Å². The molecule has 0 aromatic heterocycles. The molecule has 0 radical (unpaired) electrons. The Morgan fingerprint density at radius 3 is 2.48 bits per heavy atom. The number of ether oxygens (including phenoxy) is 1. The Kier molecular flexibility index (Phi) is 7.55. The molecular weight excluding hydrogens is 374 g/mol. The zero-order chi connectivity index (χ0) is 20.6. The molecule has 0 amide bonds. The van der Waals surface area contributed by atoms with Crippen LogP contribution in [0.5, 0.6) is 0 Å². The van der Waals surface area contributed by atoms with Crippen LogP contribution in [-0.4, -0.2) is 50.8 Å². The van der Waals surface area contributed by atoms with Gasteiger partial charge >= 0.3 is 0 Å². The van der Waals surface area contributed by atoms with Crippen LogP contribution in [0.25, 0.3) is 0 Å². The molecule has 0 saturated carbocycles. The van der Waals surface area contributed by atoms with Crippen molar-refractivity contribution < 1.29 is 13.5 Å². The van der Waals surface area contributed by atoms with Gasteiger partial charge in [0.25, 0.3) is 0 Å². The number of guanidine groups is 1. The lowest BCUT2D eigenvalue weighted by Crippen LogP contribution is -2.46. The summed E-state index contributed by atoms with van der Waals surface area (Å²) in [5, 5.41) is 6.57. The van der Waals surface area contributed by atoms with Crippen molar-refractivity contribution in [2.45, 2.75) is 19.5 Å². The molecule has 1 fully saturated rings. The van der Waals surface area contributed by atoms with Crippen LogP contribution in [0.15, 0.2) is 47.5 Å². The average Bonchev–Trinajstić information content (AvgIpc) is 2.75. The first-order valence-electron chi connectivity index (χ1n) is 9.83. The number of nitrogens with zero attached hydrogens (tertiary/aromatic N) is 2. The van der Waals surface area contributed by atoms with Crippen molar-refractivity contribution in [1.29, 1.82) is 0 Å². The molecule has 156 valence electrons. The van der Waals surface area contributed by atoms with Gasteiger partial charge in [-0.25, -0.2) is 8.78 Å². The third-order valence-electron chi connectivity index (χ3n) is 5.12. The van der Waals surface area contributed by atoms with E-state index in [1.165, 1.54) is 18.2 Å². The molecule has 29 heavy (non-hydrogen) atoms. The summed E-state index contributed by atoms with van der Waals surface area (Å²) in [5.74, 6) is 0.174. The molecule has 0 aliphatic carbocycles. The molecule has 0 spiro atoms. The first-order valence-corrected chi connectivity index (χ1v) is 9.83. The van der Waals surface area contributed by atoms with E-state index in [4.69, 9.17) is 4.74 Å². The smallest absolute Gasteiger partial charge is 0.191 e. The van der Waals surface area contributed by atoms with Crippen molar-refractivity contribution in [1.82, 2.24) is 15.5 Å². The van der Waals surface area contributed by atoms with Crippen LogP contribution in [0.2, 0.25) is 0 Å². The van der Waals surface area contributed by atoms with Gasteiger partial charge in [0, 0.05) is 33.2 Å². The van der Waals surface area contributed by atoms with Gasteiger partial charge in [0.2, 0.25) is 0 Å². The number of aliphatic imine (C=N–C) groups is 1. The molecule has 1 aliphatic rings. The number of halogens is 2. The van der Waals surface area contributed by atoms with Crippen LogP contribution in [0.4, 0.5) is 8.78 Å². The van der Waals surface area contributed by atoms with E-state index in [1.54, 1.807) is 20.0 Å². The van der Waals surface area contributed by atoms with E-state index >= 15 is 0 Å². The summed E-state index contributed by atoms with van der Waals surface area (Å²) < 4.78 is 32.6. The maximum Gasteiger partial charge on any atom is 0.191 e. The number of aryl methyl sites for hydroxylation is 1. The Labute approximate surface area is 170 Å². The van der Waals surface area contributed by atoms with E-state index in [2.05, 4.69) is 20.5 Å². The second kappa shape index (κ2) is 10.3. The summed E-state index contributed by atoms with van der Waals surface area (Å²) in [6, 6.07) is 11.9. The Balaban J connectivity index is 1.63. The van der Waals surface area contributed by atoms with E-state index in [0.717, 1.165) is 24.2 Å². The van der Waals surface area contributed by atoms with Crippen molar-refractivity contribution in [3.63, 3.8) is 0 Å². The highest BCUT2D eigenvalue weighted by atomic mass is 19.1. The minimum absolute atomic E-state index is 0.0647. The SMILES string of the molecule is CN=C(NCc1ccc(C)c(F)c1)NCC(c1ccc(F)cc1)N1CCOCC1. The molecule has 5 nitrogen and oxygen atoms in total. The zero-order valence-corrected chi connectivity index (χ0v) is 16.9. The van der Waals surface area contributed by atoms with Crippen molar-refractivity contribution in [2.75, 3.05) is 39.9 Å². The Hall–Kier alpha value is -2.51. The summed E-state index contributed by atoms with van der Waals surface area (Å²) >= 11 is 0. The quantitative estimate of drug-likeness (QED) is 0.576. The lowest BCUT2D eigenvalue weighted by atomic mass is 10.0. The van der Waals surface area contributed by atoms with Gasteiger partial charge in [0.15, 0.2) is 5.96 Å². The van der Waals surface area contributed by atoms with Crippen LogP contribution in [0.3, 0.4) is 0 Å². The van der Waals surface area contributed by atoms with Crippen molar-refractivity contribution in [3.05, 3.63) is 70.8 Å². The first-order chi connectivity index (χ1) is 14.1. The normalized spacial score (nSPS) is 16.5. The van der Waals surface area contributed by atoms with E-state index in [0.29, 0.717) is 37.8 Å². The molecule has 1 saturated heterocycles. The van der Waals surface area contributed by atoms with Gasteiger partial charge in [-0.05, 0) is 41.8 Å². The van der Waals surface area contributed by atoms with E-state index < -0.39 is 0 Å². The average molecular weight is 402 g/mol. The third kappa shape index (κ3) is 5.98. The van der Waals surface area contributed by atoms with Crippen molar-refractivity contribution >= 4 is 5.96 Å². The van der Waals surface area contributed by atoms with E-state index in [-0.39, 0.29) is 17.7 Å². The summed E-state index contributed by atoms with van der Waals surface area (Å²) in [4.78, 5) is 6.59. The molecule has 1 atom stereocenters. The van der Waals surface area contributed by atoms with Gasteiger partial charge in [-0.2, -0.15) is 0 Å². The van der Waals surface area contributed by atoms with Crippen molar-refractivity contribution in [3.8, 4) is 0 Å². The summed E-state index contributed by atoms with van der Waals surface area (Å²) in [7, 11) is 1.70. The lowest BCUT2D eigenvalue weighted by Gasteiger charge is -2.35. The van der Waals surface area contributed by atoms with Gasteiger partial charge < -0.3 is 15.4 Å². The number of benzene rings is 2. The molecule has 2 N–H and O–H groups in total. The zero-order valence-electron chi connectivity index (χ0n) is 16.9. The fraction of sp³-hybridized carbons (Fsp3) is 0.409. The predicted molar refractivity (Wildman–Crippen MR) is 111 cm³/mol. The largest absolute Gasteiger partial charge is 0.379 e. The predicted octanol–water partition coefficient (Wildman–Crippen LogP) is 3.01. The number of nitrogens with one attached hydrogen (secondary N) is 2. The number of hydrogen-bond donors (Lipinski definition) is 2. The van der Waals surface area contributed by atoms with Crippen LogP contribution in [0, 0.1) is 18.6 Å². The van der Waals surface area contributed by atoms with Crippen molar-refractivity contribution in [2.24, 2.45) is 4.99 Å². The Bertz CT molecular complexity index is 820. The standard InChI is InChI=1S/C22H28F2N4O/c1-16-3-4-17(13-20(16)24)14-26-22(25-2)27-15-21(28-9-11-29-12-10-28)18-5-7-19(23)8-6-18/h3-8,13,21H,9-12,14-15H2,1-2H3,(H2,25,26,27). The molecule has 1 heterocycles. The highest BCUT2D eigenvalue weighted by Gasteiger charge is 2.23. The first kappa shape index (κ1) is 21.2. The van der Waals surface area contributed by atoms with E-state index in [9.17, 15) is 8.78 Å². The summed E-state index contributed by atoms with van der Waals surface area (Å²) in [6.45, 7) is 5.82. The molecule has 1 aliphatic heterocycles. The molecule has 2 aromatic rings. The molecule has 2 aromatic carbocycles. The number of hydrogen-bond acceptors (Lipinski definition) is 3. The summed E-state index contributed by atoms with van der Waals surface area (Å²) in [6.07, 6.45) is 0. The van der Waals surface area contributed by atoms with Crippen LogP contribution >= 0.6 is 0 Å².